The van der Waals surface area contributed by atoms with Crippen molar-refractivity contribution in [3.05, 3.63) is 30.3 Å². The van der Waals surface area contributed by atoms with Gasteiger partial charge in [0.15, 0.2) is 0 Å². The van der Waals surface area contributed by atoms with E-state index in [0.717, 1.165) is 0 Å². The summed E-state index contributed by atoms with van der Waals surface area (Å²) in [7, 11) is 0. The van der Waals surface area contributed by atoms with E-state index in [-0.39, 0.29) is 6.61 Å². The number of aliphatic hydroxyl groups is 1. The molecule has 0 saturated carbocycles. The minimum atomic E-state index is -1.02. The first-order valence-corrected chi connectivity index (χ1v) is 3.75. The van der Waals surface area contributed by atoms with Crippen LogP contribution in [-0.4, -0.2) is 24.5 Å². The molecule has 0 aliphatic rings. The molecule has 0 aliphatic heterocycles. The average Bonchev–Trinajstić information content (AvgIpc) is 2.16. The fourth-order valence-corrected chi connectivity index (χ4v) is 0.754. The van der Waals surface area contributed by atoms with Gasteiger partial charge in [-0.2, -0.15) is 0 Å². The van der Waals surface area contributed by atoms with Crippen molar-refractivity contribution in [1.29, 1.82) is 0 Å². The van der Waals surface area contributed by atoms with Crippen molar-refractivity contribution in [2.75, 3.05) is 13.3 Å². The van der Waals surface area contributed by atoms with Crippen molar-refractivity contribution in [1.82, 2.24) is 0 Å². The Bertz CT molecular complexity index is 213. The van der Waals surface area contributed by atoms with Crippen LogP contribution in [0.3, 0.4) is 0 Å². The van der Waals surface area contributed by atoms with Crippen LogP contribution >= 0.6 is 0 Å². The van der Waals surface area contributed by atoms with Crippen LogP contribution in [0.1, 0.15) is 0 Å². The zero-order chi connectivity index (χ0) is 8.81. The van der Waals surface area contributed by atoms with Crippen molar-refractivity contribution in [2.24, 2.45) is 0 Å². The lowest BCUT2D eigenvalue weighted by Crippen LogP contribution is -2.19. The van der Waals surface area contributed by atoms with Crippen LogP contribution < -0.4 is 4.74 Å². The first-order valence-electron chi connectivity index (χ1n) is 3.75. The molecule has 2 nitrogen and oxygen atoms in total. The largest absolute Gasteiger partial charge is 0.491 e. The van der Waals surface area contributed by atoms with Gasteiger partial charge in [0.1, 0.15) is 25.1 Å². The highest BCUT2D eigenvalue weighted by molar-refractivity contribution is 5.20. The Balaban J connectivity index is 2.33. The summed E-state index contributed by atoms with van der Waals surface area (Å²) in [4.78, 5) is 0. The molecule has 0 spiro atoms. The van der Waals surface area contributed by atoms with Crippen molar-refractivity contribution in [3.63, 3.8) is 0 Å². The summed E-state index contributed by atoms with van der Waals surface area (Å²) >= 11 is 0. The van der Waals surface area contributed by atoms with Gasteiger partial charge < -0.3 is 9.84 Å². The summed E-state index contributed by atoms with van der Waals surface area (Å²) in [6, 6.07) is 9.00. The predicted molar refractivity (Wildman–Crippen MR) is 43.9 cm³/mol. The second-order valence-electron chi connectivity index (χ2n) is 2.43. The normalized spacial score (nSPS) is 12.5. The number of halogens is 1. The van der Waals surface area contributed by atoms with E-state index in [2.05, 4.69) is 0 Å². The molecule has 0 aliphatic carbocycles. The van der Waals surface area contributed by atoms with Gasteiger partial charge in [0.2, 0.25) is 0 Å². The van der Waals surface area contributed by atoms with E-state index in [4.69, 9.17) is 9.84 Å². The molecule has 12 heavy (non-hydrogen) atoms. The Hall–Kier alpha value is -1.09. The third-order valence-corrected chi connectivity index (χ3v) is 1.36. The van der Waals surface area contributed by atoms with E-state index in [1.165, 1.54) is 0 Å². The fraction of sp³-hybridized carbons (Fsp3) is 0.333. The molecule has 0 saturated heterocycles. The van der Waals surface area contributed by atoms with Gasteiger partial charge >= 0.3 is 0 Å². The second-order valence-corrected chi connectivity index (χ2v) is 2.43. The van der Waals surface area contributed by atoms with E-state index in [0.29, 0.717) is 5.75 Å². The molecule has 1 N–H and O–H groups in total. The van der Waals surface area contributed by atoms with Crippen molar-refractivity contribution in [3.8, 4) is 5.75 Å². The van der Waals surface area contributed by atoms with E-state index in [1.807, 2.05) is 18.2 Å². The van der Waals surface area contributed by atoms with Gasteiger partial charge in [0.25, 0.3) is 0 Å². The van der Waals surface area contributed by atoms with E-state index in [9.17, 15) is 4.39 Å². The molecule has 0 amide bonds. The van der Waals surface area contributed by atoms with Gasteiger partial charge in [-0.25, -0.2) is 4.39 Å². The molecule has 0 bridgehead atoms. The first-order chi connectivity index (χ1) is 5.83. The van der Waals surface area contributed by atoms with Gasteiger partial charge in [-0.15, -0.1) is 0 Å². The summed E-state index contributed by atoms with van der Waals surface area (Å²) in [5.74, 6) is 0.644. The minimum Gasteiger partial charge on any atom is -0.491 e. The van der Waals surface area contributed by atoms with Gasteiger partial charge in [-0.05, 0) is 12.1 Å². The van der Waals surface area contributed by atoms with E-state index >= 15 is 0 Å². The lowest BCUT2D eigenvalue weighted by molar-refractivity contribution is 0.0842. The summed E-state index contributed by atoms with van der Waals surface area (Å²) in [6.45, 7) is -0.770. The van der Waals surface area contributed by atoms with Crippen molar-refractivity contribution in [2.45, 2.75) is 6.10 Å². The molecular formula is C9H11FO2. The van der Waals surface area contributed by atoms with Crippen molar-refractivity contribution >= 4 is 0 Å². The van der Waals surface area contributed by atoms with Gasteiger partial charge in [-0.1, -0.05) is 18.2 Å². The Morgan fingerprint density at radius 2 is 2.00 bits per heavy atom. The molecule has 1 unspecified atom stereocenters. The molecule has 0 radical (unpaired) electrons. The van der Waals surface area contributed by atoms with Crippen molar-refractivity contribution < 1.29 is 14.2 Å². The molecule has 0 heterocycles. The maximum absolute atomic E-state index is 11.8. The third-order valence-electron chi connectivity index (χ3n) is 1.36. The highest BCUT2D eigenvalue weighted by Gasteiger charge is 2.02. The lowest BCUT2D eigenvalue weighted by atomic mass is 10.3. The highest BCUT2D eigenvalue weighted by Crippen LogP contribution is 2.08. The van der Waals surface area contributed by atoms with Gasteiger partial charge in [0.05, 0.1) is 0 Å². The number of para-hydroxylation sites is 1. The lowest BCUT2D eigenvalue weighted by Gasteiger charge is -2.08. The van der Waals surface area contributed by atoms with Crippen LogP contribution in [0.5, 0.6) is 5.75 Å². The number of ether oxygens (including phenoxy) is 1. The molecule has 1 aromatic rings. The maximum Gasteiger partial charge on any atom is 0.119 e. The number of benzene rings is 1. The van der Waals surface area contributed by atoms with Crippen LogP contribution in [0, 0.1) is 0 Å². The Labute approximate surface area is 70.6 Å². The Kier molecular flexibility index (Phi) is 3.54. The van der Waals surface area contributed by atoms with E-state index in [1.54, 1.807) is 12.1 Å². The highest BCUT2D eigenvalue weighted by atomic mass is 19.1. The second kappa shape index (κ2) is 4.72. The number of alkyl halides is 1. The minimum absolute atomic E-state index is 0.000509. The molecule has 1 rings (SSSR count). The monoisotopic (exact) mass is 170 g/mol. The Morgan fingerprint density at radius 1 is 1.33 bits per heavy atom. The zero-order valence-electron chi connectivity index (χ0n) is 6.61. The Morgan fingerprint density at radius 3 is 2.58 bits per heavy atom. The molecule has 66 valence electrons. The number of rotatable bonds is 4. The van der Waals surface area contributed by atoms with E-state index < -0.39 is 12.8 Å². The molecule has 3 heteroatoms. The number of aliphatic hydroxyl groups excluding tert-OH is 1. The smallest absolute Gasteiger partial charge is 0.119 e. The topological polar surface area (TPSA) is 29.5 Å². The average molecular weight is 170 g/mol. The quantitative estimate of drug-likeness (QED) is 0.740. The van der Waals surface area contributed by atoms with Crippen LogP contribution in [0.25, 0.3) is 0 Å². The van der Waals surface area contributed by atoms with Crippen LogP contribution in [0.4, 0.5) is 4.39 Å². The van der Waals surface area contributed by atoms with Gasteiger partial charge in [0, 0.05) is 0 Å². The molecule has 1 aromatic carbocycles. The van der Waals surface area contributed by atoms with Crippen LogP contribution in [0.2, 0.25) is 0 Å². The number of hydrogen-bond acceptors (Lipinski definition) is 2. The SMILES string of the molecule is OC(CF)COc1ccccc1. The summed E-state index contributed by atoms with van der Waals surface area (Å²) in [5, 5.41) is 8.82. The standard InChI is InChI=1S/C9H11FO2/c10-6-8(11)7-12-9-4-2-1-3-5-9/h1-5,8,11H,6-7H2. The third kappa shape index (κ3) is 2.88. The van der Waals surface area contributed by atoms with Gasteiger partial charge in [-0.3, -0.25) is 0 Å². The predicted octanol–water partition coefficient (Wildman–Crippen LogP) is 1.40. The van der Waals surface area contributed by atoms with Crippen LogP contribution in [-0.2, 0) is 0 Å². The van der Waals surface area contributed by atoms with Crippen LogP contribution in [0.15, 0.2) is 30.3 Å². The summed E-state index contributed by atoms with van der Waals surface area (Å²) in [5.41, 5.74) is 0. The molecule has 0 fully saturated rings. The number of hydrogen-bond donors (Lipinski definition) is 1. The first kappa shape index (κ1) is 9.00. The molecular weight excluding hydrogens is 159 g/mol. The molecule has 1 atom stereocenters. The fourth-order valence-electron chi connectivity index (χ4n) is 0.754. The maximum atomic E-state index is 11.8. The summed E-state index contributed by atoms with van der Waals surface area (Å²) in [6.07, 6.45) is -1.02. The summed E-state index contributed by atoms with van der Waals surface area (Å²) < 4.78 is 16.8. The zero-order valence-corrected chi connectivity index (χ0v) is 6.61. The molecule has 0 aromatic heterocycles.